The Balaban J connectivity index is 2.29. The average Bonchev–Trinajstić information content (AvgIpc) is 2.32. The first-order valence-corrected chi connectivity index (χ1v) is 7.51. The van der Waals surface area contributed by atoms with Crippen molar-refractivity contribution < 1.29 is 13.8 Å². The van der Waals surface area contributed by atoms with Crippen LogP contribution in [0.15, 0.2) is 24.3 Å². The van der Waals surface area contributed by atoms with E-state index in [9.17, 15) is 0 Å². The Hall–Kier alpha value is -0.765. The smallest absolute Gasteiger partial charge is 0.221 e. The van der Waals surface area contributed by atoms with Crippen LogP contribution in [0.5, 0.6) is 5.75 Å². The van der Waals surface area contributed by atoms with Crippen molar-refractivity contribution in [1.29, 1.82) is 0 Å². The third-order valence-corrected chi connectivity index (χ3v) is 3.66. The van der Waals surface area contributed by atoms with Crippen LogP contribution in [-0.4, -0.2) is 26.9 Å². The van der Waals surface area contributed by atoms with Gasteiger partial charge in [-0.3, -0.25) is 0 Å². The molecule has 1 unspecified atom stereocenters. The van der Waals surface area contributed by atoms with Crippen LogP contribution in [-0.2, 0) is 9.26 Å². The fraction of sp³-hybridized carbons (Fsp3) is 0.500. The predicted molar refractivity (Wildman–Crippen MR) is 78.6 cm³/mol. The van der Waals surface area contributed by atoms with Gasteiger partial charge < -0.3 is 19.5 Å². The van der Waals surface area contributed by atoms with Crippen LogP contribution in [0.3, 0.4) is 0 Å². The molecule has 1 atom stereocenters. The summed E-state index contributed by atoms with van der Waals surface area (Å²) >= 11 is 0. The molecule has 1 aromatic rings. The number of nitrogens with two attached hydrogens (primary N) is 1. The number of benzene rings is 1. The van der Waals surface area contributed by atoms with Crippen molar-refractivity contribution in [3.8, 4) is 5.75 Å². The van der Waals surface area contributed by atoms with Crippen molar-refractivity contribution >= 4 is 21.5 Å². The zero-order valence-electron chi connectivity index (χ0n) is 11.5. The second-order valence-electron chi connectivity index (χ2n) is 4.65. The Morgan fingerprint density at radius 3 is 2.44 bits per heavy atom. The molecule has 0 bridgehead atoms. The largest absolute Gasteiger partial charge is 0.457 e. The van der Waals surface area contributed by atoms with Gasteiger partial charge in [0.2, 0.25) is 7.57 Å². The van der Waals surface area contributed by atoms with E-state index in [4.69, 9.17) is 19.5 Å². The molecule has 0 saturated heterocycles. The summed E-state index contributed by atoms with van der Waals surface area (Å²) in [5, 5.41) is 0. The maximum atomic E-state index is 5.66. The number of ether oxygens (including phenoxy) is 1. The highest BCUT2D eigenvalue weighted by Crippen LogP contribution is 2.35. The van der Waals surface area contributed by atoms with Gasteiger partial charge in [-0.2, -0.15) is 0 Å². The Morgan fingerprint density at radius 1 is 1.28 bits per heavy atom. The van der Waals surface area contributed by atoms with Gasteiger partial charge in [0, 0.05) is 12.8 Å². The third kappa shape index (κ3) is 5.72. The molecule has 1 aromatic carbocycles. The van der Waals surface area contributed by atoms with E-state index in [1.54, 1.807) is 7.11 Å². The summed E-state index contributed by atoms with van der Waals surface area (Å²) in [7, 11) is 2.72. The highest BCUT2D eigenvalue weighted by Gasteiger charge is 2.16. The minimum Gasteiger partial charge on any atom is -0.457 e. The van der Waals surface area contributed by atoms with E-state index >= 15 is 0 Å². The summed E-state index contributed by atoms with van der Waals surface area (Å²) in [6.45, 7) is 4.70. The molecule has 0 amide bonds. The van der Waals surface area contributed by atoms with Crippen LogP contribution in [0.4, 0.5) is 5.69 Å². The molecule has 0 aliphatic heterocycles. The number of nitrogen functional groups attached to an aromatic ring is 1. The highest BCUT2D eigenvalue weighted by atomic mass is 31.2. The van der Waals surface area contributed by atoms with Crippen LogP contribution in [0.25, 0.3) is 0 Å². The van der Waals surface area contributed by atoms with Crippen molar-refractivity contribution in [2.24, 2.45) is 0 Å². The molecule has 4 nitrogen and oxygen atoms in total. The maximum Gasteiger partial charge on any atom is 0.221 e. The molecule has 0 aliphatic rings. The molecule has 0 aliphatic carbocycles. The van der Waals surface area contributed by atoms with Gasteiger partial charge in [-0.05, 0) is 44.5 Å². The molecule has 0 radical (unpaired) electrons. The lowest BCUT2D eigenvalue weighted by molar-refractivity contribution is 0.00605. The Labute approximate surface area is 111 Å². The summed E-state index contributed by atoms with van der Waals surface area (Å²) in [6.07, 6.45) is 0.835. The summed E-state index contributed by atoms with van der Waals surface area (Å²) < 4.78 is 16.6. The van der Waals surface area contributed by atoms with Gasteiger partial charge in [-0.25, -0.2) is 0 Å². The summed E-state index contributed by atoms with van der Waals surface area (Å²) in [5.74, 6) is 0.781. The van der Waals surface area contributed by atoms with Crippen LogP contribution in [0.1, 0.15) is 20.3 Å². The predicted octanol–water partition coefficient (Wildman–Crippen LogP) is 2.34. The SMILES string of the molecule is BP(OCCC(C)(C)OC)Oc1ccc(N)cc1. The van der Waals surface area contributed by atoms with Gasteiger partial charge in [-0.15, -0.1) is 0 Å². The number of hydrogen-bond donors (Lipinski definition) is 1. The van der Waals surface area contributed by atoms with E-state index in [2.05, 4.69) is 0 Å². The van der Waals surface area contributed by atoms with Crippen molar-refractivity contribution in [2.45, 2.75) is 25.9 Å². The van der Waals surface area contributed by atoms with Crippen molar-refractivity contribution in [3.05, 3.63) is 24.3 Å². The first kappa shape index (κ1) is 15.3. The van der Waals surface area contributed by atoms with Crippen LogP contribution >= 0.6 is 8.25 Å². The molecule has 0 aromatic heterocycles. The molecular weight excluding hydrogens is 248 g/mol. The quantitative estimate of drug-likeness (QED) is 0.469. The fourth-order valence-corrected chi connectivity index (χ4v) is 2.05. The average molecular weight is 269 g/mol. The molecule has 0 heterocycles. The summed E-state index contributed by atoms with van der Waals surface area (Å²) in [5.41, 5.74) is 6.18. The molecule has 100 valence electrons. The van der Waals surface area contributed by atoms with E-state index in [0.29, 0.717) is 6.61 Å². The Bertz CT molecular complexity index is 359. The fourth-order valence-electron chi connectivity index (χ4n) is 1.23. The molecule has 0 saturated carbocycles. The third-order valence-electron chi connectivity index (χ3n) is 2.64. The molecule has 6 heteroatoms. The molecule has 0 fully saturated rings. The number of methoxy groups -OCH3 is 1. The number of anilines is 1. The van der Waals surface area contributed by atoms with Gasteiger partial charge in [0.25, 0.3) is 0 Å². The minimum atomic E-state index is -0.921. The monoisotopic (exact) mass is 269 g/mol. The van der Waals surface area contributed by atoms with Crippen molar-refractivity contribution in [3.63, 3.8) is 0 Å². The zero-order chi connectivity index (χ0) is 13.6. The molecule has 18 heavy (non-hydrogen) atoms. The standard InChI is InChI=1S/C12H21BNO3P/c1-12(2,15-3)8-9-16-18(13)17-11-6-4-10(14)5-7-11/h4-7H,8-9,13-14H2,1-3H3. The lowest BCUT2D eigenvalue weighted by atomic mass is 10.1. The molecule has 2 N–H and O–H groups in total. The normalized spacial score (nSPS) is 13.3. The van der Waals surface area contributed by atoms with E-state index < -0.39 is 8.25 Å². The van der Waals surface area contributed by atoms with Gasteiger partial charge in [0.15, 0.2) is 8.25 Å². The lowest BCUT2D eigenvalue weighted by Gasteiger charge is -2.23. The van der Waals surface area contributed by atoms with Crippen LogP contribution in [0, 0.1) is 0 Å². The molecular formula is C12H21BNO3P. The Morgan fingerprint density at radius 2 is 1.89 bits per heavy atom. The highest BCUT2D eigenvalue weighted by molar-refractivity contribution is 7.74. The van der Waals surface area contributed by atoms with Crippen LogP contribution in [0.2, 0.25) is 0 Å². The summed E-state index contributed by atoms with van der Waals surface area (Å²) in [4.78, 5) is 0. The summed E-state index contributed by atoms with van der Waals surface area (Å²) in [6, 6.07) is 7.31. The first-order valence-electron chi connectivity index (χ1n) is 5.88. The first-order chi connectivity index (χ1) is 8.43. The van der Waals surface area contributed by atoms with E-state index in [0.717, 1.165) is 17.9 Å². The van der Waals surface area contributed by atoms with E-state index in [1.807, 2.05) is 45.7 Å². The molecule has 1 rings (SSSR count). The van der Waals surface area contributed by atoms with Gasteiger partial charge in [-0.1, -0.05) is 0 Å². The number of hydrogen-bond acceptors (Lipinski definition) is 4. The van der Waals surface area contributed by atoms with Crippen molar-refractivity contribution in [2.75, 3.05) is 19.5 Å². The number of rotatable bonds is 7. The van der Waals surface area contributed by atoms with Gasteiger partial charge in [0.1, 0.15) is 5.75 Å². The Kier molecular flexibility index (Phi) is 5.93. The van der Waals surface area contributed by atoms with E-state index in [-0.39, 0.29) is 5.60 Å². The van der Waals surface area contributed by atoms with Crippen molar-refractivity contribution in [1.82, 2.24) is 0 Å². The minimum absolute atomic E-state index is 0.155. The van der Waals surface area contributed by atoms with E-state index in [1.165, 1.54) is 0 Å². The van der Waals surface area contributed by atoms with Gasteiger partial charge in [0.05, 0.1) is 12.2 Å². The second kappa shape index (κ2) is 6.98. The molecule has 0 spiro atoms. The second-order valence-corrected chi connectivity index (χ2v) is 5.97. The van der Waals surface area contributed by atoms with Crippen LogP contribution < -0.4 is 10.3 Å². The lowest BCUT2D eigenvalue weighted by Crippen LogP contribution is -2.24. The topological polar surface area (TPSA) is 53.7 Å². The maximum absolute atomic E-state index is 5.66. The zero-order valence-corrected chi connectivity index (χ0v) is 12.4. The van der Waals surface area contributed by atoms with Gasteiger partial charge >= 0.3 is 0 Å².